The van der Waals surface area contributed by atoms with Crippen molar-refractivity contribution in [1.29, 1.82) is 5.26 Å². The van der Waals surface area contributed by atoms with E-state index in [2.05, 4.69) is 11.4 Å². The summed E-state index contributed by atoms with van der Waals surface area (Å²) in [4.78, 5) is 11.1. The molecule has 0 saturated heterocycles. The first-order valence-corrected chi connectivity index (χ1v) is 4.66. The molecule has 76 valence electrons. The van der Waals surface area contributed by atoms with E-state index in [1.165, 1.54) is 6.08 Å². The van der Waals surface area contributed by atoms with E-state index in [4.69, 9.17) is 5.26 Å². The van der Waals surface area contributed by atoms with Crippen molar-refractivity contribution < 1.29 is 4.79 Å². The molecule has 0 spiro atoms. The van der Waals surface area contributed by atoms with Crippen LogP contribution in [0.5, 0.6) is 0 Å². The van der Waals surface area contributed by atoms with Gasteiger partial charge in [-0.15, -0.1) is 0 Å². The maximum atomic E-state index is 11.1. The van der Waals surface area contributed by atoms with Gasteiger partial charge in [0.15, 0.2) is 0 Å². The number of amides is 1. The molecule has 0 radical (unpaired) electrons. The van der Waals surface area contributed by atoms with E-state index in [0.717, 1.165) is 5.56 Å². The molecule has 0 bridgehead atoms. The molecule has 1 amide bonds. The topological polar surface area (TPSA) is 52.9 Å². The van der Waals surface area contributed by atoms with Gasteiger partial charge in [-0.3, -0.25) is 4.79 Å². The fourth-order valence-corrected chi connectivity index (χ4v) is 1.15. The number of carbonyl (C=O) groups excluding carboxylic acids is 1. The van der Waals surface area contributed by atoms with Crippen LogP contribution in [-0.2, 0) is 11.3 Å². The normalized spacial score (nSPS) is 9.87. The van der Waals surface area contributed by atoms with Gasteiger partial charge in [-0.1, -0.05) is 18.2 Å². The summed E-state index contributed by atoms with van der Waals surface area (Å²) < 4.78 is 0. The SMILES string of the molecule is CC=CC(=O)NCc1cccc(C#N)c1. The second-order valence-electron chi connectivity index (χ2n) is 3.03. The van der Waals surface area contributed by atoms with Crippen LogP contribution >= 0.6 is 0 Å². The first-order chi connectivity index (χ1) is 7.26. The maximum absolute atomic E-state index is 11.1. The lowest BCUT2D eigenvalue weighted by Crippen LogP contribution is -2.20. The molecule has 0 aliphatic rings. The Morgan fingerprint density at radius 1 is 1.60 bits per heavy atom. The number of hydrogen-bond acceptors (Lipinski definition) is 2. The van der Waals surface area contributed by atoms with Crippen molar-refractivity contribution in [2.24, 2.45) is 0 Å². The van der Waals surface area contributed by atoms with E-state index in [1.54, 1.807) is 31.2 Å². The van der Waals surface area contributed by atoms with Crippen molar-refractivity contribution in [2.75, 3.05) is 0 Å². The zero-order chi connectivity index (χ0) is 11.1. The van der Waals surface area contributed by atoms with Gasteiger partial charge in [0.25, 0.3) is 0 Å². The molecule has 3 heteroatoms. The number of hydrogen-bond donors (Lipinski definition) is 1. The van der Waals surface area contributed by atoms with E-state index in [9.17, 15) is 4.79 Å². The molecule has 15 heavy (non-hydrogen) atoms. The number of nitrogens with zero attached hydrogens (tertiary/aromatic N) is 1. The predicted octanol–water partition coefficient (Wildman–Crippen LogP) is 1.75. The molecule has 0 fully saturated rings. The zero-order valence-electron chi connectivity index (χ0n) is 8.53. The van der Waals surface area contributed by atoms with Crippen LogP contribution in [0, 0.1) is 11.3 Å². The lowest BCUT2D eigenvalue weighted by atomic mass is 10.1. The van der Waals surface area contributed by atoms with Crippen LogP contribution in [0.2, 0.25) is 0 Å². The fourth-order valence-electron chi connectivity index (χ4n) is 1.15. The van der Waals surface area contributed by atoms with Crippen molar-refractivity contribution in [3.8, 4) is 6.07 Å². The lowest BCUT2D eigenvalue weighted by Gasteiger charge is -2.02. The summed E-state index contributed by atoms with van der Waals surface area (Å²) >= 11 is 0. The van der Waals surface area contributed by atoms with E-state index >= 15 is 0 Å². The molecule has 0 heterocycles. The summed E-state index contributed by atoms with van der Waals surface area (Å²) in [6, 6.07) is 9.22. The van der Waals surface area contributed by atoms with Gasteiger partial charge >= 0.3 is 0 Å². The van der Waals surface area contributed by atoms with Gasteiger partial charge < -0.3 is 5.32 Å². The van der Waals surface area contributed by atoms with Crippen LogP contribution < -0.4 is 5.32 Å². The quantitative estimate of drug-likeness (QED) is 0.756. The summed E-state index contributed by atoms with van der Waals surface area (Å²) in [5.74, 6) is -0.125. The largest absolute Gasteiger partial charge is 0.348 e. The Hall–Kier alpha value is -2.08. The van der Waals surface area contributed by atoms with Crippen LogP contribution in [0.1, 0.15) is 18.1 Å². The Morgan fingerprint density at radius 2 is 2.40 bits per heavy atom. The van der Waals surface area contributed by atoms with E-state index in [-0.39, 0.29) is 5.91 Å². The third kappa shape index (κ3) is 3.65. The smallest absolute Gasteiger partial charge is 0.243 e. The Morgan fingerprint density at radius 3 is 3.07 bits per heavy atom. The average molecular weight is 200 g/mol. The van der Waals surface area contributed by atoms with Crippen LogP contribution in [0.15, 0.2) is 36.4 Å². The Kier molecular flexibility index (Phi) is 4.11. The second-order valence-corrected chi connectivity index (χ2v) is 3.03. The van der Waals surface area contributed by atoms with Gasteiger partial charge in [-0.05, 0) is 30.7 Å². The van der Waals surface area contributed by atoms with Crippen molar-refractivity contribution in [3.05, 3.63) is 47.5 Å². The van der Waals surface area contributed by atoms with Crippen LogP contribution in [0.4, 0.5) is 0 Å². The maximum Gasteiger partial charge on any atom is 0.243 e. The Bertz CT molecular complexity index is 416. The minimum Gasteiger partial charge on any atom is -0.348 e. The molecule has 0 aliphatic carbocycles. The third-order valence-corrected chi connectivity index (χ3v) is 1.84. The lowest BCUT2D eigenvalue weighted by molar-refractivity contribution is -0.116. The first-order valence-electron chi connectivity index (χ1n) is 4.66. The Balaban J connectivity index is 2.58. The van der Waals surface area contributed by atoms with Crippen molar-refractivity contribution >= 4 is 5.91 Å². The van der Waals surface area contributed by atoms with E-state index < -0.39 is 0 Å². The molecule has 1 rings (SSSR count). The van der Waals surface area contributed by atoms with Crippen molar-refractivity contribution in [1.82, 2.24) is 5.32 Å². The summed E-state index contributed by atoms with van der Waals surface area (Å²) in [5, 5.41) is 11.4. The minimum atomic E-state index is -0.125. The standard InChI is InChI=1S/C12H12N2O/c1-2-4-12(15)14-9-11-6-3-5-10(7-11)8-13/h2-7H,9H2,1H3,(H,14,15). The van der Waals surface area contributed by atoms with Crippen LogP contribution in [0.25, 0.3) is 0 Å². The number of carbonyl (C=O) groups is 1. The molecule has 0 aromatic heterocycles. The summed E-state index contributed by atoms with van der Waals surface area (Å²) in [7, 11) is 0. The molecule has 1 aromatic carbocycles. The van der Waals surface area contributed by atoms with Gasteiger partial charge in [-0.2, -0.15) is 5.26 Å². The first kappa shape index (κ1) is 11.0. The highest BCUT2D eigenvalue weighted by Gasteiger charge is 1.97. The number of benzene rings is 1. The fraction of sp³-hybridized carbons (Fsp3) is 0.167. The summed E-state index contributed by atoms with van der Waals surface area (Å²) in [6.45, 7) is 2.23. The zero-order valence-corrected chi connectivity index (χ0v) is 8.53. The van der Waals surface area contributed by atoms with Crippen molar-refractivity contribution in [2.45, 2.75) is 13.5 Å². The molecule has 1 N–H and O–H groups in total. The van der Waals surface area contributed by atoms with Gasteiger partial charge in [-0.25, -0.2) is 0 Å². The minimum absolute atomic E-state index is 0.125. The highest BCUT2D eigenvalue weighted by Crippen LogP contribution is 2.03. The van der Waals surface area contributed by atoms with E-state index in [1.807, 2.05) is 6.07 Å². The number of rotatable bonds is 3. The molecular weight excluding hydrogens is 188 g/mol. The molecule has 0 unspecified atom stereocenters. The highest BCUT2D eigenvalue weighted by molar-refractivity contribution is 5.87. The number of nitrogens with one attached hydrogen (secondary N) is 1. The van der Waals surface area contributed by atoms with E-state index in [0.29, 0.717) is 12.1 Å². The van der Waals surface area contributed by atoms with Crippen LogP contribution in [0.3, 0.4) is 0 Å². The third-order valence-electron chi connectivity index (χ3n) is 1.84. The molecule has 0 atom stereocenters. The van der Waals surface area contributed by atoms with Gasteiger partial charge in [0.05, 0.1) is 11.6 Å². The van der Waals surface area contributed by atoms with Crippen LogP contribution in [-0.4, -0.2) is 5.91 Å². The molecule has 0 aliphatic heterocycles. The summed E-state index contributed by atoms with van der Waals surface area (Å²) in [5.41, 5.74) is 1.53. The summed E-state index contributed by atoms with van der Waals surface area (Å²) in [6.07, 6.45) is 3.15. The average Bonchev–Trinajstić information content (AvgIpc) is 2.27. The second kappa shape index (κ2) is 5.61. The molecule has 0 saturated carbocycles. The van der Waals surface area contributed by atoms with Gasteiger partial charge in [0.2, 0.25) is 5.91 Å². The number of allylic oxidation sites excluding steroid dienone is 1. The molecular formula is C12H12N2O. The molecule has 1 aromatic rings. The highest BCUT2D eigenvalue weighted by atomic mass is 16.1. The Labute approximate surface area is 89.0 Å². The molecule has 3 nitrogen and oxygen atoms in total. The van der Waals surface area contributed by atoms with Gasteiger partial charge in [0, 0.05) is 6.54 Å². The monoisotopic (exact) mass is 200 g/mol. The number of nitriles is 1. The van der Waals surface area contributed by atoms with Crippen molar-refractivity contribution in [3.63, 3.8) is 0 Å². The predicted molar refractivity (Wildman–Crippen MR) is 57.8 cm³/mol. The van der Waals surface area contributed by atoms with Gasteiger partial charge in [0.1, 0.15) is 0 Å².